The van der Waals surface area contributed by atoms with E-state index in [1.165, 1.54) is 6.33 Å². The fraction of sp³-hybridized carbons (Fsp3) is 0.214. The Kier molecular flexibility index (Phi) is 4.29. The molecule has 0 atom stereocenters. The van der Waals surface area contributed by atoms with Gasteiger partial charge in [0, 0.05) is 12.6 Å². The molecule has 0 aliphatic carbocycles. The van der Waals surface area contributed by atoms with Gasteiger partial charge in [0.1, 0.15) is 29.7 Å². The fourth-order valence-electron chi connectivity index (χ4n) is 1.75. The second-order valence-electron chi connectivity index (χ2n) is 3.89. The van der Waals surface area contributed by atoms with Gasteiger partial charge in [0.25, 0.3) is 0 Å². The number of nitrogens with zero attached hydrogens (tertiary/aromatic N) is 3. The summed E-state index contributed by atoms with van der Waals surface area (Å²) in [5.41, 5.74) is 1.49. The summed E-state index contributed by atoms with van der Waals surface area (Å²) in [6.45, 7) is 0.711. The van der Waals surface area contributed by atoms with Crippen molar-refractivity contribution in [3.05, 3.63) is 47.9 Å². The molecular weight excluding hydrogens is 240 g/mol. The first-order chi connectivity index (χ1) is 9.33. The van der Waals surface area contributed by atoms with Gasteiger partial charge in [-0.2, -0.15) is 5.26 Å². The maximum Gasteiger partial charge on any atom is 0.145 e. The van der Waals surface area contributed by atoms with Crippen LogP contribution in [0.15, 0.2) is 36.7 Å². The number of anilines is 1. The molecule has 1 aromatic carbocycles. The summed E-state index contributed by atoms with van der Waals surface area (Å²) >= 11 is 0. The third-order valence-corrected chi connectivity index (χ3v) is 2.67. The van der Waals surface area contributed by atoms with Gasteiger partial charge in [-0.3, -0.25) is 0 Å². The first kappa shape index (κ1) is 12.8. The van der Waals surface area contributed by atoms with Gasteiger partial charge in [-0.05, 0) is 18.1 Å². The minimum atomic E-state index is 0.356. The molecule has 0 saturated heterocycles. The number of rotatable bonds is 5. The second-order valence-corrected chi connectivity index (χ2v) is 3.89. The quantitative estimate of drug-likeness (QED) is 0.883. The zero-order chi connectivity index (χ0) is 13.5. The highest BCUT2D eigenvalue weighted by Crippen LogP contribution is 2.17. The highest BCUT2D eigenvalue weighted by atomic mass is 16.5. The number of benzene rings is 1. The van der Waals surface area contributed by atoms with Crippen molar-refractivity contribution in [3.63, 3.8) is 0 Å². The van der Waals surface area contributed by atoms with Gasteiger partial charge in [-0.25, -0.2) is 9.97 Å². The SMILES string of the molecule is COc1ccccc1CCNc1cc(C#N)ncn1. The molecule has 0 amide bonds. The van der Waals surface area contributed by atoms with Crippen LogP contribution in [-0.2, 0) is 6.42 Å². The van der Waals surface area contributed by atoms with Crippen molar-refractivity contribution < 1.29 is 4.74 Å². The van der Waals surface area contributed by atoms with Gasteiger partial charge in [0.15, 0.2) is 0 Å². The predicted molar refractivity (Wildman–Crippen MR) is 71.9 cm³/mol. The van der Waals surface area contributed by atoms with Crippen molar-refractivity contribution in [2.75, 3.05) is 19.0 Å². The molecule has 0 unspecified atom stereocenters. The molecule has 0 radical (unpaired) electrons. The highest BCUT2D eigenvalue weighted by molar-refractivity contribution is 5.39. The molecule has 0 aliphatic rings. The zero-order valence-corrected chi connectivity index (χ0v) is 10.6. The van der Waals surface area contributed by atoms with E-state index >= 15 is 0 Å². The molecule has 1 heterocycles. The van der Waals surface area contributed by atoms with Crippen molar-refractivity contribution in [1.29, 1.82) is 5.26 Å². The minimum Gasteiger partial charge on any atom is -0.496 e. The van der Waals surface area contributed by atoms with Gasteiger partial charge < -0.3 is 10.1 Å². The fourth-order valence-corrected chi connectivity index (χ4v) is 1.75. The monoisotopic (exact) mass is 254 g/mol. The largest absolute Gasteiger partial charge is 0.496 e. The van der Waals surface area contributed by atoms with Crippen LogP contribution in [0.3, 0.4) is 0 Å². The topological polar surface area (TPSA) is 70.8 Å². The highest BCUT2D eigenvalue weighted by Gasteiger charge is 2.02. The van der Waals surface area contributed by atoms with E-state index in [9.17, 15) is 0 Å². The van der Waals surface area contributed by atoms with E-state index in [0.29, 0.717) is 18.1 Å². The normalized spacial score (nSPS) is 9.68. The molecule has 2 aromatic rings. The van der Waals surface area contributed by atoms with Crippen molar-refractivity contribution in [3.8, 4) is 11.8 Å². The van der Waals surface area contributed by atoms with E-state index in [-0.39, 0.29) is 0 Å². The molecule has 0 bridgehead atoms. The van der Waals surface area contributed by atoms with E-state index < -0.39 is 0 Å². The second kappa shape index (κ2) is 6.36. The molecule has 0 fully saturated rings. The van der Waals surface area contributed by atoms with Crippen LogP contribution in [0.1, 0.15) is 11.3 Å². The molecule has 1 N–H and O–H groups in total. The maximum atomic E-state index is 8.75. The van der Waals surface area contributed by atoms with E-state index in [0.717, 1.165) is 17.7 Å². The maximum absolute atomic E-state index is 8.75. The Morgan fingerprint density at radius 2 is 2.16 bits per heavy atom. The summed E-state index contributed by atoms with van der Waals surface area (Å²) in [4.78, 5) is 7.88. The van der Waals surface area contributed by atoms with Gasteiger partial charge in [0.05, 0.1) is 7.11 Å². The van der Waals surface area contributed by atoms with Crippen molar-refractivity contribution in [2.45, 2.75) is 6.42 Å². The summed E-state index contributed by atoms with van der Waals surface area (Å²) in [5, 5.41) is 11.9. The molecule has 96 valence electrons. The average molecular weight is 254 g/mol. The van der Waals surface area contributed by atoms with Gasteiger partial charge in [0.2, 0.25) is 0 Å². The summed E-state index contributed by atoms with van der Waals surface area (Å²) < 4.78 is 5.29. The van der Waals surface area contributed by atoms with Crippen molar-refractivity contribution >= 4 is 5.82 Å². The first-order valence-corrected chi connectivity index (χ1v) is 5.91. The molecular formula is C14H14N4O. The Morgan fingerprint density at radius 3 is 2.95 bits per heavy atom. The molecule has 1 aromatic heterocycles. The van der Waals surface area contributed by atoms with Crippen molar-refractivity contribution in [2.24, 2.45) is 0 Å². The van der Waals surface area contributed by atoms with E-state index in [4.69, 9.17) is 10.00 Å². The standard InChI is InChI=1S/C14H14N4O/c1-19-13-5-3-2-4-11(13)6-7-16-14-8-12(9-15)17-10-18-14/h2-5,8,10H,6-7H2,1H3,(H,16,17,18). The smallest absolute Gasteiger partial charge is 0.145 e. The Bertz CT molecular complexity index is 592. The third-order valence-electron chi connectivity index (χ3n) is 2.67. The lowest BCUT2D eigenvalue weighted by Gasteiger charge is -2.09. The molecule has 19 heavy (non-hydrogen) atoms. The van der Waals surface area contributed by atoms with Gasteiger partial charge in [-0.1, -0.05) is 18.2 Å². The minimum absolute atomic E-state index is 0.356. The number of aromatic nitrogens is 2. The number of para-hydroxylation sites is 1. The third kappa shape index (κ3) is 3.42. The number of nitriles is 1. The van der Waals surface area contributed by atoms with Crippen LogP contribution in [-0.4, -0.2) is 23.6 Å². The Morgan fingerprint density at radius 1 is 1.32 bits per heavy atom. The summed E-state index contributed by atoms with van der Waals surface area (Å²) in [7, 11) is 1.66. The summed E-state index contributed by atoms with van der Waals surface area (Å²) in [6.07, 6.45) is 2.19. The number of nitrogens with one attached hydrogen (secondary N) is 1. The molecule has 5 nitrogen and oxygen atoms in total. The Hall–Kier alpha value is -2.61. The van der Waals surface area contributed by atoms with Gasteiger partial charge in [-0.15, -0.1) is 0 Å². The molecule has 0 saturated carbocycles. The Balaban J connectivity index is 1.94. The molecule has 0 aliphatic heterocycles. The number of methoxy groups -OCH3 is 1. The van der Waals surface area contributed by atoms with E-state index in [1.54, 1.807) is 13.2 Å². The summed E-state index contributed by atoms with van der Waals surface area (Å²) in [6, 6.07) is 11.5. The molecule has 2 rings (SSSR count). The lowest BCUT2D eigenvalue weighted by Crippen LogP contribution is -2.07. The first-order valence-electron chi connectivity index (χ1n) is 5.91. The van der Waals surface area contributed by atoms with E-state index in [2.05, 4.69) is 15.3 Å². The van der Waals surface area contributed by atoms with Crippen LogP contribution in [0, 0.1) is 11.3 Å². The van der Waals surface area contributed by atoms with Crippen LogP contribution < -0.4 is 10.1 Å². The number of ether oxygens (including phenoxy) is 1. The zero-order valence-electron chi connectivity index (χ0n) is 10.6. The summed E-state index contributed by atoms with van der Waals surface area (Å²) in [5.74, 6) is 1.53. The number of hydrogen-bond acceptors (Lipinski definition) is 5. The Labute approximate surface area is 111 Å². The van der Waals surface area contributed by atoms with Crippen molar-refractivity contribution in [1.82, 2.24) is 9.97 Å². The average Bonchev–Trinajstić information content (AvgIpc) is 2.48. The van der Waals surface area contributed by atoms with Crippen LogP contribution in [0.25, 0.3) is 0 Å². The van der Waals surface area contributed by atoms with Crippen LogP contribution in [0.4, 0.5) is 5.82 Å². The van der Waals surface area contributed by atoms with E-state index in [1.807, 2.05) is 30.3 Å². The predicted octanol–water partition coefficient (Wildman–Crippen LogP) is 2.01. The molecule has 0 spiro atoms. The lowest BCUT2D eigenvalue weighted by atomic mass is 10.1. The molecule has 5 heteroatoms. The van der Waals surface area contributed by atoms with Crippen LogP contribution in [0.2, 0.25) is 0 Å². The van der Waals surface area contributed by atoms with Crippen LogP contribution >= 0.6 is 0 Å². The lowest BCUT2D eigenvalue weighted by molar-refractivity contribution is 0.410. The number of hydrogen-bond donors (Lipinski definition) is 1. The van der Waals surface area contributed by atoms with Gasteiger partial charge >= 0.3 is 0 Å². The van der Waals surface area contributed by atoms with Crippen LogP contribution in [0.5, 0.6) is 5.75 Å².